The molecule has 0 saturated heterocycles. The summed E-state index contributed by atoms with van der Waals surface area (Å²) in [5.41, 5.74) is 0. The summed E-state index contributed by atoms with van der Waals surface area (Å²) in [5, 5.41) is 53.2. The monoisotopic (exact) mass is 185 g/mol. The molecule has 0 spiro atoms. The highest BCUT2D eigenvalue weighted by Crippen LogP contribution is 2.03. The van der Waals surface area contributed by atoms with Crippen molar-refractivity contribution in [3.05, 3.63) is 0 Å². The Kier molecular flexibility index (Phi) is 3.24. The molecule has 5 atom stereocenters. The Morgan fingerprint density at radius 1 is 0.917 bits per heavy atom. The van der Waals surface area contributed by atoms with Gasteiger partial charge < -0.3 is 30.6 Å². The smallest absolute Gasteiger partial charge is 0.111 e. The molecule has 0 aliphatic heterocycles. The van der Waals surface area contributed by atoms with Crippen LogP contribution in [0.15, 0.2) is 0 Å². The number of hydrogen-bond acceptors (Lipinski definition) is 6. The zero-order chi connectivity index (χ0) is 12.4. The fourth-order valence-corrected chi connectivity index (χ4v) is 0.553. The van der Waals surface area contributed by atoms with Gasteiger partial charge in [0, 0.05) is 0 Å². The Morgan fingerprint density at radius 2 is 1.33 bits per heavy atom. The molecule has 12 heavy (non-hydrogen) atoms. The van der Waals surface area contributed by atoms with Gasteiger partial charge in [0.05, 0.1) is 17.3 Å². The van der Waals surface area contributed by atoms with Crippen LogP contribution in [0.5, 0.6) is 0 Å². The topological polar surface area (TPSA) is 121 Å². The molecule has 0 saturated carbocycles. The first-order valence-corrected chi connectivity index (χ1v) is 3.14. The first kappa shape index (κ1) is 7.19. The zero-order valence-electron chi connectivity index (χ0n) is 9.07. The molecule has 0 aliphatic rings. The largest absolute Gasteiger partial charge is 0.394 e. The van der Waals surface area contributed by atoms with Crippen LogP contribution in [0.4, 0.5) is 0 Å². The van der Waals surface area contributed by atoms with Crippen molar-refractivity contribution in [1.29, 1.82) is 0 Å². The lowest BCUT2D eigenvalue weighted by Gasteiger charge is -2.24. The highest BCUT2D eigenvalue weighted by molar-refractivity contribution is 4.79. The number of hydrogen-bond donors (Lipinski definition) is 6. The van der Waals surface area contributed by atoms with Crippen molar-refractivity contribution in [2.45, 2.75) is 24.4 Å². The van der Waals surface area contributed by atoms with Gasteiger partial charge in [-0.1, -0.05) is 0 Å². The average Bonchev–Trinajstić information content (AvgIpc) is 2.11. The summed E-state index contributed by atoms with van der Waals surface area (Å²) in [7, 11) is 0. The molecule has 0 aliphatic carbocycles. The highest BCUT2D eigenvalue weighted by atomic mass is 16.4. The molecule has 0 radical (unpaired) electrons. The fourth-order valence-electron chi connectivity index (χ4n) is 0.553. The summed E-state index contributed by atoms with van der Waals surface area (Å²) >= 11 is 0. The van der Waals surface area contributed by atoms with Crippen molar-refractivity contribution in [3.8, 4) is 0 Å². The van der Waals surface area contributed by atoms with Crippen molar-refractivity contribution in [2.24, 2.45) is 0 Å². The van der Waals surface area contributed by atoms with Crippen molar-refractivity contribution < 1.29 is 34.8 Å². The van der Waals surface area contributed by atoms with Crippen molar-refractivity contribution in [3.63, 3.8) is 0 Å². The standard InChI is InChI=1S/C6H14O6/c7-1-3(9)5(11)6(12)4(10)2-8/h3-12H,1-2H2/t3-,4+,5-,6-/m1/s1/i1D,2D2/t1?,3-,4+,5+,6+/m0. The summed E-state index contributed by atoms with van der Waals surface area (Å²) in [5.74, 6) is 0. The number of rotatable bonds is 5. The molecule has 0 heterocycles. The Balaban J connectivity index is 4.51. The predicted molar refractivity (Wildman–Crippen MR) is 38.2 cm³/mol. The van der Waals surface area contributed by atoms with Crippen molar-refractivity contribution in [2.75, 3.05) is 13.1 Å². The third-order valence-corrected chi connectivity index (χ3v) is 1.31. The van der Waals surface area contributed by atoms with E-state index < -0.39 is 37.6 Å². The molecular formula is C6H14O6. The third-order valence-electron chi connectivity index (χ3n) is 1.31. The SMILES string of the molecule is [2H]C(O)[C@H](O)[C@@H](O)[C@H](O)[C@H](O)C([2H])([2H])O. The maximum atomic E-state index is 9.09. The van der Waals surface area contributed by atoms with Crippen LogP contribution in [-0.2, 0) is 0 Å². The second-order valence-electron chi connectivity index (χ2n) is 2.19. The molecule has 0 rings (SSSR count). The van der Waals surface area contributed by atoms with Gasteiger partial charge in [-0.15, -0.1) is 0 Å². The van der Waals surface area contributed by atoms with E-state index in [2.05, 4.69) is 0 Å². The molecular weight excluding hydrogens is 168 g/mol. The summed E-state index contributed by atoms with van der Waals surface area (Å²) < 4.78 is 19.8. The van der Waals surface area contributed by atoms with Gasteiger partial charge in [0.2, 0.25) is 0 Å². The minimum atomic E-state index is -3.17. The van der Waals surface area contributed by atoms with Crippen LogP contribution in [0.3, 0.4) is 0 Å². The molecule has 74 valence electrons. The summed E-state index contributed by atoms with van der Waals surface area (Å²) in [6, 6.07) is 0. The molecule has 0 amide bonds. The Bertz CT molecular complexity index is 196. The van der Waals surface area contributed by atoms with Gasteiger partial charge in [0.15, 0.2) is 0 Å². The number of aliphatic hydroxyl groups is 6. The van der Waals surface area contributed by atoms with E-state index in [1.165, 1.54) is 0 Å². The maximum absolute atomic E-state index is 9.09. The van der Waals surface area contributed by atoms with E-state index in [1.807, 2.05) is 0 Å². The average molecular weight is 185 g/mol. The van der Waals surface area contributed by atoms with Crippen LogP contribution in [0.2, 0.25) is 0 Å². The van der Waals surface area contributed by atoms with E-state index in [4.69, 9.17) is 34.8 Å². The van der Waals surface area contributed by atoms with Gasteiger partial charge >= 0.3 is 0 Å². The molecule has 1 unspecified atom stereocenters. The van der Waals surface area contributed by atoms with Gasteiger partial charge in [-0.2, -0.15) is 0 Å². The molecule has 0 fully saturated rings. The lowest BCUT2D eigenvalue weighted by atomic mass is 10.0. The Hall–Kier alpha value is -0.240. The number of aliphatic hydroxyl groups excluding tert-OH is 5. The van der Waals surface area contributed by atoms with Crippen molar-refractivity contribution >= 4 is 0 Å². The molecule has 0 bridgehead atoms. The molecule has 0 aromatic carbocycles. The van der Waals surface area contributed by atoms with Crippen molar-refractivity contribution in [1.82, 2.24) is 0 Å². The van der Waals surface area contributed by atoms with E-state index in [1.54, 1.807) is 0 Å². The lowest BCUT2D eigenvalue weighted by Crippen LogP contribution is -2.46. The van der Waals surface area contributed by atoms with Crippen LogP contribution in [-0.4, -0.2) is 68.2 Å². The molecule has 6 nitrogen and oxygen atoms in total. The van der Waals surface area contributed by atoms with Crippen LogP contribution in [0.25, 0.3) is 0 Å². The van der Waals surface area contributed by atoms with E-state index in [0.29, 0.717) is 0 Å². The first-order valence-electron chi connectivity index (χ1n) is 4.71. The van der Waals surface area contributed by atoms with Crippen LogP contribution in [0.1, 0.15) is 4.11 Å². The van der Waals surface area contributed by atoms with Gasteiger partial charge in [-0.25, -0.2) is 0 Å². The molecule has 6 N–H and O–H groups in total. The van der Waals surface area contributed by atoms with Gasteiger partial charge in [0.1, 0.15) is 24.4 Å². The second-order valence-corrected chi connectivity index (χ2v) is 2.19. The van der Waals surface area contributed by atoms with Gasteiger partial charge in [0.25, 0.3) is 0 Å². The van der Waals surface area contributed by atoms with Crippen LogP contribution < -0.4 is 0 Å². The van der Waals surface area contributed by atoms with E-state index in [9.17, 15) is 0 Å². The van der Waals surface area contributed by atoms with Crippen LogP contribution in [0, 0.1) is 0 Å². The maximum Gasteiger partial charge on any atom is 0.111 e. The first-order chi connectivity index (χ1) is 6.59. The molecule has 0 aromatic heterocycles. The fraction of sp³-hybridized carbons (Fsp3) is 1.00. The summed E-state index contributed by atoms with van der Waals surface area (Å²) in [6.07, 6.45) is -8.85. The molecule has 0 aromatic rings. The van der Waals surface area contributed by atoms with E-state index in [-0.39, 0.29) is 0 Å². The van der Waals surface area contributed by atoms with E-state index >= 15 is 0 Å². The molecule has 6 heteroatoms. The predicted octanol–water partition coefficient (Wildman–Crippen LogP) is -3.59. The third kappa shape index (κ3) is 3.02. The zero-order valence-corrected chi connectivity index (χ0v) is 6.07. The Labute approximate surface area is 73.5 Å². The quantitative estimate of drug-likeness (QED) is 0.263. The minimum absolute atomic E-state index is 2.09. The summed E-state index contributed by atoms with van der Waals surface area (Å²) in [4.78, 5) is 0. The second kappa shape index (κ2) is 5.41. The normalized spacial score (nSPS) is 29.0. The minimum Gasteiger partial charge on any atom is -0.394 e. The highest BCUT2D eigenvalue weighted by Gasteiger charge is 2.29. The van der Waals surface area contributed by atoms with Gasteiger partial charge in [-0.3, -0.25) is 0 Å². The summed E-state index contributed by atoms with van der Waals surface area (Å²) in [6.45, 7) is -5.29. The van der Waals surface area contributed by atoms with Gasteiger partial charge in [-0.05, 0) is 0 Å². The lowest BCUT2D eigenvalue weighted by molar-refractivity contribution is -0.123. The van der Waals surface area contributed by atoms with E-state index in [0.717, 1.165) is 0 Å². The Morgan fingerprint density at radius 3 is 1.67 bits per heavy atom. The van der Waals surface area contributed by atoms with Crippen LogP contribution >= 0.6 is 0 Å².